The fourth-order valence-electron chi connectivity index (χ4n) is 4.07. The van der Waals surface area contributed by atoms with Crippen LogP contribution in [0.1, 0.15) is 40.0 Å². The van der Waals surface area contributed by atoms with Gasteiger partial charge in [0.15, 0.2) is 17.4 Å². The van der Waals surface area contributed by atoms with E-state index in [1.54, 1.807) is 13.0 Å². The van der Waals surface area contributed by atoms with Crippen LogP contribution in [0.15, 0.2) is 24.3 Å². The lowest BCUT2D eigenvalue weighted by molar-refractivity contribution is 0.0371. The van der Waals surface area contributed by atoms with E-state index in [0.29, 0.717) is 36.4 Å². The Morgan fingerprint density at radius 1 is 1.12 bits per heavy atom. The number of benzene rings is 1. The van der Waals surface area contributed by atoms with E-state index in [9.17, 15) is 18.0 Å². The summed E-state index contributed by atoms with van der Waals surface area (Å²) in [6.07, 6.45) is 1.10. The van der Waals surface area contributed by atoms with Crippen LogP contribution in [0.3, 0.4) is 0 Å². The number of rotatable bonds is 8. The van der Waals surface area contributed by atoms with E-state index in [4.69, 9.17) is 9.47 Å². The molecule has 1 saturated heterocycles. The number of Topliss-reactive ketones (excluding diaryl/α,β-unsaturated/α-hetero) is 1. The Morgan fingerprint density at radius 3 is 2.61 bits per heavy atom. The number of carbonyl (C=O) groups excluding carboxylic acids is 1. The van der Waals surface area contributed by atoms with Crippen molar-refractivity contribution in [2.24, 2.45) is 0 Å². The molecule has 0 spiro atoms. The van der Waals surface area contributed by atoms with E-state index in [1.807, 2.05) is 13.0 Å². The molecule has 2 aromatic heterocycles. The largest absolute Gasteiger partial charge is 0.473 e. The molecule has 0 N–H and O–H groups in total. The van der Waals surface area contributed by atoms with Crippen molar-refractivity contribution in [2.75, 3.05) is 32.8 Å². The number of nitrogens with zero attached hydrogens (tertiary/aromatic N) is 3. The highest BCUT2D eigenvalue weighted by Crippen LogP contribution is 2.26. The van der Waals surface area contributed by atoms with Crippen LogP contribution in [0.25, 0.3) is 5.52 Å². The van der Waals surface area contributed by atoms with Gasteiger partial charge in [-0.25, -0.2) is 17.7 Å². The van der Waals surface area contributed by atoms with Crippen molar-refractivity contribution < 1.29 is 27.4 Å². The molecular formula is C24H26F3N3O3. The summed E-state index contributed by atoms with van der Waals surface area (Å²) in [5, 5.41) is 4.43. The van der Waals surface area contributed by atoms with E-state index < -0.39 is 29.6 Å². The first-order chi connectivity index (χ1) is 15.8. The highest BCUT2D eigenvalue weighted by atomic mass is 19.2. The van der Waals surface area contributed by atoms with Crippen molar-refractivity contribution in [3.8, 4) is 5.88 Å². The Hall–Kier alpha value is -2.91. The number of hydrogen-bond acceptors (Lipinski definition) is 5. The van der Waals surface area contributed by atoms with Gasteiger partial charge < -0.3 is 9.47 Å². The summed E-state index contributed by atoms with van der Waals surface area (Å²) < 4.78 is 53.9. The number of fused-ring (bicyclic) bond motifs is 1. The molecule has 1 fully saturated rings. The van der Waals surface area contributed by atoms with Crippen molar-refractivity contribution in [3.05, 3.63) is 64.1 Å². The fourth-order valence-corrected chi connectivity index (χ4v) is 4.07. The fraction of sp³-hybridized carbons (Fsp3) is 0.417. The van der Waals surface area contributed by atoms with Crippen LogP contribution in [-0.2, 0) is 11.3 Å². The van der Waals surface area contributed by atoms with Crippen LogP contribution in [-0.4, -0.2) is 53.1 Å². The number of carbonyl (C=O) groups is 1. The number of ketones is 1. The first-order valence-corrected chi connectivity index (χ1v) is 10.9. The van der Waals surface area contributed by atoms with Crippen LogP contribution >= 0.6 is 0 Å². The number of aromatic nitrogens is 2. The first-order valence-electron chi connectivity index (χ1n) is 10.9. The van der Waals surface area contributed by atoms with E-state index in [0.717, 1.165) is 43.8 Å². The molecule has 4 rings (SSSR count). The third-order valence-corrected chi connectivity index (χ3v) is 5.78. The summed E-state index contributed by atoms with van der Waals surface area (Å²) in [4.78, 5) is 15.3. The molecule has 176 valence electrons. The van der Waals surface area contributed by atoms with Gasteiger partial charge in [0.2, 0.25) is 5.88 Å². The Kier molecular flexibility index (Phi) is 6.99. The predicted octanol–water partition coefficient (Wildman–Crippen LogP) is 4.24. The molecule has 1 aliphatic heterocycles. The summed E-state index contributed by atoms with van der Waals surface area (Å²) in [5.41, 5.74) is 1.91. The average Bonchev–Trinajstić information content (AvgIpc) is 3.12. The van der Waals surface area contributed by atoms with E-state index in [-0.39, 0.29) is 11.7 Å². The first kappa shape index (κ1) is 23.3. The van der Waals surface area contributed by atoms with Gasteiger partial charge >= 0.3 is 0 Å². The lowest BCUT2D eigenvalue weighted by Crippen LogP contribution is -2.36. The highest BCUT2D eigenvalue weighted by molar-refractivity contribution is 6.03. The van der Waals surface area contributed by atoms with Gasteiger partial charge in [-0.1, -0.05) is 0 Å². The lowest BCUT2D eigenvalue weighted by atomic mass is 10.0. The minimum absolute atomic E-state index is 0.0190. The molecule has 33 heavy (non-hydrogen) atoms. The van der Waals surface area contributed by atoms with E-state index in [2.05, 4.69) is 10.00 Å². The molecule has 0 atom stereocenters. The molecule has 0 amide bonds. The minimum Gasteiger partial charge on any atom is -0.473 e. The summed E-state index contributed by atoms with van der Waals surface area (Å²) in [5.74, 6) is -3.14. The van der Waals surface area contributed by atoms with Crippen molar-refractivity contribution in [3.63, 3.8) is 0 Å². The molecule has 3 heterocycles. The number of hydrogen-bond donors (Lipinski definition) is 0. The minimum atomic E-state index is -1.29. The zero-order valence-electron chi connectivity index (χ0n) is 18.7. The van der Waals surface area contributed by atoms with Crippen LogP contribution in [0.5, 0.6) is 5.88 Å². The molecule has 0 bridgehead atoms. The quantitative estimate of drug-likeness (QED) is 0.371. The van der Waals surface area contributed by atoms with E-state index >= 15 is 0 Å². The van der Waals surface area contributed by atoms with Crippen LogP contribution in [0.2, 0.25) is 0 Å². The second kappa shape index (κ2) is 9.93. The zero-order valence-corrected chi connectivity index (χ0v) is 18.7. The zero-order chi connectivity index (χ0) is 23.5. The third kappa shape index (κ3) is 5.04. The Labute approximate surface area is 189 Å². The smallest absolute Gasteiger partial charge is 0.215 e. The molecule has 1 aliphatic rings. The maximum Gasteiger partial charge on any atom is 0.215 e. The number of pyridine rings is 1. The summed E-state index contributed by atoms with van der Waals surface area (Å²) >= 11 is 0. The molecule has 6 nitrogen and oxygen atoms in total. The summed E-state index contributed by atoms with van der Waals surface area (Å²) in [7, 11) is 0. The van der Waals surface area contributed by atoms with Crippen molar-refractivity contribution in [1.82, 2.24) is 14.5 Å². The number of morpholine rings is 1. The maximum atomic E-state index is 14.0. The van der Waals surface area contributed by atoms with Gasteiger partial charge in [-0.15, -0.1) is 0 Å². The second-order valence-corrected chi connectivity index (χ2v) is 8.22. The molecule has 0 radical (unpaired) electrons. The Balaban J connectivity index is 1.53. The van der Waals surface area contributed by atoms with Crippen LogP contribution < -0.4 is 4.74 Å². The molecule has 0 unspecified atom stereocenters. The molecule has 0 saturated carbocycles. The Bertz CT molecular complexity index is 1170. The highest BCUT2D eigenvalue weighted by Gasteiger charge is 2.21. The monoisotopic (exact) mass is 461 g/mol. The molecule has 1 aromatic carbocycles. The maximum absolute atomic E-state index is 14.0. The number of halogens is 3. The van der Waals surface area contributed by atoms with Gasteiger partial charge in [-0.2, -0.15) is 5.10 Å². The van der Waals surface area contributed by atoms with Gasteiger partial charge in [0.1, 0.15) is 12.4 Å². The number of aryl methyl sites for hydroxylation is 2. The topological polar surface area (TPSA) is 56.1 Å². The molecular weight excluding hydrogens is 435 g/mol. The standard InChI is InChI=1S/C24H26F3N3O3/c1-15-12-20-23(21(31)4-3-7-29-8-10-32-11-9-29)16(2)28-30(20)22(13-15)33-14-17-18(25)5-6-19(26)24(17)27/h5-6,12-13H,3-4,7-11,14H2,1-2H3. The Morgan fingerprint density at radius 2 is 1.85 bits per heavy atom. The second-order valence-electron chi connectivity index (χ2n) is 8.22. The third-order valence-electron chi connectivity index (χ3n) is 5.78. The molecule has 0 aliphatic carbocycles. The van der Waals surface area contributed by atoms with Crippen molar-refractivity contribution in [2.45, 2.75) is 33.3 Å². The van der Waals surface area contributed by atoms with Gasteiger partial charge in [0, 0.05) is 25.6 Å². The lowest BCUT2D eigenvalue weighted by Gasteiger charge is -2.26. The average molecular weight is 461 g/mol. The molecule has 9 heteroatoms. The van der Waals surface area contributed by atoms with Crippen molar-refractivity contribution in [1.29, 1.82) is 0 Å². The van der Waals surface area contributed by atoms with Crippen LogP contribution in [0.4, 0.5) is 13.2 Å². The normalized spacial score (nSPS) is 14.7. The van der Waals surface area contributed by atoms with E-state index in [1.165, 1.54) is 4.52 Å². The van der Waals surface area contributed by atoms with Crippen molar-refractivity contribution >= 4 is 11.3 Å². The molecule has 3 aromatic rings. The predicted molar refractivity (Wildman–Crippen MR) is 116 cm³/mol. The van der Waals surface area contributed by atoms with Crippen LogP contribution in [0, 0.1) is 31.3 Å². The number of ether oxygens (including phenoxy) is 2. The van der Waals surface area contributed by atoms with Gasteiger partial charge in [-0.05, 0) is 50.6 Å². The van der Waals surface area contributed by atoms with Gasteiger partial charge in [-0.3, -0.25) is 9.69 Å². The van der Waals surface area contributed by atoms with Gasteiger partial charge in [0.25, 0.3) is 0 Å². The van der Waals surface area contributed by atoms with Gasteiger partial charge in [0.05, 0.1) is 35.6 Å². The SMILES string of the molecule is Cc1cc(OCc2c(F)ccc(F)c2F)n2nc(C)c(C(=O)CCCN3CCOCC3)c2c1. The summed E-state index contributed by atoms with van der Waals surface area (Å²) in [6, 6.07) is 5.06. The summed E-state index contributed by atoms with van der Waals surface area (Å²) in [6.45, 7) is 7.05.